The Hall–Kier alpha value is -0.313. The Morgan fingerprint density at radius 3 is 1.73 bits per heavy atom. The zero-order valence-electron chi connectivity index (χ0n) is 7.94. The van der Waals surface area contributed by atoms with Crippen LogP contribution in [0, 0.1) is 5.41 Å². The highest BCUT2D eigenvalue weighted by Gasteiger charge is 2.33. The second-order valence-electron chi connectivity index (χ2n) is 2.83. The first-order chi connectivity index (χ1) is 5.16. The second kappa shape index (κ2) is 4.54. The minimum atomic E-state index is -0.193. The molecule has 0 heterocycles. The van der Waals surface area contributed by atoms with Gasteiger partial charge in [0.05, 0.1) is 5.41 Å². The van der Waals surface area contributed by atoms with E-state index in [4.69, 9.17) is 4.43 Å². The van der Waals surface area contributed by atoms with Crippen LogP contribution < -0.4 is 0 Å². The third-order valence-electron chi connectivity index (χ3n) is 2.65. The van der Waals surface area contributed by atoms with Crippen molar-refractivity contribution in [2.45, 2.75) is 40.0 Å². The molecule has 0 atom stereocenters. The fourth-order valence-electron chi connectivity index (χ4n) is 1.40. The monoisotopic (exact) mass is 174 g/mol. The van der Waals surface area contributed by atoms with Crippen LogP contribution in [-0.4, -0.2) is 16.5 Å². The number of carbonyl (C=O) groups excluding carboxylic acids is 1. The largest absolute Gasteiger partial charge is 0.528 e. The van der Waals surface area contributed by atoms with Gasteiger partial charge in [-0.05, 0) is 19.3 Å². The van der Waals surface area contributed by atoms with Crippen molar-refractivity contribution >= 4 is 16.5 Å². The van der Waals surface area contributed by atoms with Crippen LogP contribution in [-0.2, 0) is 9.22 Å². The van der Waals surface area contributed by atoms with Gasteiger partial charge in [-0.25, -0.2) is 0 Å². The Labute approximate surface area is 71.9 Å². The molecule has 0 radical (unpaired) electrons. The van der Waals surface area contributed by atoms with E-state index in [0.717, 1.165) is 19.3 Å². The van der Waals surface area contributed by atoms with Gasteiger partial charge in [-0.15, -0.1) is 0 Å². The van der Waals surface area contributed by atoms with Crippen LogP contribution in [0.25, 0.3) is 0 Å². The molecular formula is C8H18O2Si. The Bertz CT molecular complexity index is 122. The molecule has 0 aliphatic heterocycles. The molecule has 0 N–H and O–H groups in total. The predicted molar refractivity (Wildman–Crippen MR) is 49.3 cm³/mol. The molecule has 2 nitrogen and oxygen atoms in total. The Morgan fingerprint density at radius 2 is 1.64 bits per heavy atom. The first-order valence-electron chi connectivity index (χ1n) is 4.25. The topological polar surface area (TPSA) is 26.3 Å². The molecule has 0 bridgehead atoms. The van der Waals surface area contributed by atoms with E-state index < -0.39 is 0 Å². The maximum absolute atomic E-state index is 11.3. The van der Waals surface area contributed by atoms with Crippen LogP contribution in [0.3, 0.4) is 0 Å². The Kier molecular flexibility index (Phi) is 4.41. The van der Waals surface area contributed by atoms with Crippen molar-refractivity contribution in [2.24, 2.45) is 5.41 Å². The molecule has 66 valence electrons. The van der Waals surface area contributed by atoms with Crippen molar-refractivity contribution in [1.29, 1.82) is 0 Å². The number of hydrogen-bond donors (Lipinski definition) is 0. The molecular weight excluding hydrogens is 156 g/mol. The molecule has 3 heteroatoms. The van der Waals surface area contributed by atoms with Gasteiger partial charge in [0.25, 0.3) is 5.97 Å². The second-order valence-corrected chi connectivity index (χ2v) is 3.24. The summed E-state index contributed by atoms with van der Waals surface area (Å²) in [4.78, 5) is 11.3. The zero-order valence-corrected chi connectivity index (χ0v) is 9.94. The Morgan fingerprint density at radius 1 is 1.27 bits per heavy atom. The average Bonchev–Trinajstić information content (AvgIpc) is 2.08. The lowest BCUT2D eigenvalue weighted by Gasteiger charge is -2.26. The van der Waals surface area contributed by atoms with Crippen molar-refractivity contribution in [2.75, 3.05) is 0 Å². The van der Waals surface area contributed by atoms with Crippen LogP contribution in [0.5, 0.6) is 0 Å². The highest BCUT2D eigenvalue weighted by Crippen LogP contribution is 2.31. The van der Waals surface area contributed by atoms with Crippen molar-refractivity contribution in [3.63, 3.8) is 0 Å². The molecule has 0 saturated heterocycles. The number of rotatable bonds is 4. The molecule has 0 aromatic carbocycles. The van der Waals surface area contributed by atoms with Gasteiger partial charge < -0.3 is 4.43 Å². The molecule has 0 rings (SSSR count). The minimum absolute atomic E-state index is 0.00309. The van der Waals surface area contributed by atoms with E-state index in [9.17, 15) is 4.79 Å². The van der Waals surface area contributed by atoms with E-state index in [1.165, 1.54) is 0 Å². The van der Waals surface area contributed by atoms with Crippen molar-refractivity contribution in [3.8, 4) is 0 Å². The minimum Gasteiger partial charge on any atom is -0.528 e. The molecule has 0 aliphatic rings. The summed E-state index contributed by atoms with van der Waals surface area (Å²) < 4.78 is 4.89. The summed E-state index contributed by atoms with van der Waals surface area (Å²) in [6.07, 6.45) is 2.67. The van der Waals surface area contributed by atoms with Gasteiger partial charge in [0.2, 0.25) is 10.5 Å². The maximum Gasteiger partial charge on any atom is 0.298 e. The predicted octanol–water partition coefficient (Wildman–Crippen LogP) is 1.03. The summed E-state index contributed by atoms with van der Waals surface area (Å²) in [7, 11) is 0.518. The summed E-state index contributed by atoms with van der Waals surface area (Å²) in [6, 6.07) is 0. The van der Waals surface area contributed by atoms with E-state index in [0.29, 0.717) is 10.5 Å². The van der Waals surface area contributed by atoms with Crippen molar-refractivity contribution in [3.05, 3.63) is 0 Å². The normalized spacial score (nSPS) is 11.5. The molecule has 11 heavy (non-hydrogen) atoms. The molecule has 0 spiro atoms. The summed E-state index contributed by atoms with van der Waals surface area (Å²) >= 11 is 0. The smallest absolute Gasteiger partial charge is 0.298 e. The van der Waals surface area contributed by atoms with Crippen molar-refractivity contribution < 1.29 is 9.22 Å². The molecule has 0 aromatic heterocycles. The van der Waals surface area contributed by atoms with Gasteiger partial charge >= 0.3 is 0 Å². The number of carbonyl (C=O) groups is 1. The molecule has 0 unspecified atom stereocenters. The highest BCUT2D eigenvalue weighted by atomic mass is 28.2. The van der Waals surface area contributed by atoms with Crippen LogP contribution in [0.15, 0.2) is 0 Å². The fraction of sp³-hybridized carbons (Fsp3) is 0.875. The van der Waals surface area contributed by atoms with Gasteiger partial charge in [-0.1, -0.05) is 20.8 Å². The number of hydrogen-bond acceptors (Lipinski definition) is 2. The summed E-state index contributed by atoms with van der Waals surface area (Å²) in [6.45, 7) is 6.14. The van der Waals surface area contributed by atoms with Crippen molar-refractivity contribution in [1.82, 2.24) is 0 Å². The van der Waals surface area contributed by atoms with Gasteiger partial charge in [-0.3, -0.25) is 4.79 Å². The van der Waals surface area contributed by atoms with Crippen LogP contribution in [0.4, 0.5) is 0 Å². The fourth-order valence-corrected chi connectivity index (χ4v) is 1.83. The van der Waals surface area contributed by atoms with Crippen LogP contribution >= 0.6 is 0 Å². The third kappa shape index (κ3) is 2.06. The molecule has 0 fully saturated rings. The lowest BCUT2D eigenvalue weighted by molar-refractivity contribution is -0.146. The molecule has 0 aromatic rings. The van der Waals surface area contributed by atoms with E-state index >= 15 is 0 Å². The SMILES string of the molecule is CCC(CC)(CC)C(=O)O[SiH3]. The summed E-state index contributed by atoms with van der Waals surface area (Å²) in [5.41, 5.74) is -0.193. The Balaban J connectivity index is 4.39. The molecule has 0 amide bonds. The van der Waals surface area contributed by atoms with E-state index in [2.05, 4.69) is 0 Å². The standard InChI is InChI=1S/C8H18O2Si/c1-4-8(5-2,6-3)7(9)10-11/h4-6H2,1-3,11H3. The molecule has 0 aliphatic carbocycles. The first kappa shape index (κ1) is 10.7. The first-order valence-corrected chi connectivity index (χ1v) is 5.06. The summed E-state index contributed by atoms with van der Waals surface area (Å²) in [5.74, 6) is -0.00309. The summed E-state index contributed by atoms with van der Waals surface area (Å²) in [5, 5.41) is 0. The lowest BCUT2D eigenvalue weighted by atomic mass is 9.80. The van der Waals surface area contributed by atoms with Gasteiger partial charge in [-0.2, -0.15) is 0 Å². The van der Waals surface area contributed by atoms with Crippen LogP contribution in [0.1, 0.15) is 40.0 Å². The third-order valence-corrected chi connectivity index (χ3v) is 3.02. The highest BCUT2D eigenvalue weighted by molar-refractivity contribution is 6.06. The van der Waals surface area contributed by atoms with E-state index in [-0.39, 0.29) is 11.4 Å². The van der Waals surface area contributed by atoms with Crippen LogP contribution in [0.2, 0.25) is 0 Å². The van der Waals surface area contributed by atoms with Gasteiger partial charge in [0.15, 0.2) is 0 Å². The van der Waals surface area contributed by atoms with Gasteiger partial charge in [0.1, 0.15) is 0 Å². The maximum atomic E-state index is 11.3. The zero-order chi connectivity index (χ0) is 8.91. The quantitative estimate of drug-likeness (QED) is 0.595. The lowest BCUT2D eigenvalue weighted by Crippen LogP contribution is -2.30. The van der Waals surface area contributed by atoms with E-state index in [1.807, 2.05) is 20.8 Å². The average molecular weight is 174 g/mol. The van der Waals surface area contributed by atoms with E-state index in [1.54, 1.807) is 0 Å². The molecule has 0 saturated carbocycles. The van der Waals surface area contributed by atoms with Gasteiger partial charge in [0, 0.05) is 0 Å².